The molecule has 1 unspecified atom stereocenters. The van der Waals surface area contributed by atoms with Crippen LogP contribution in [0.2, 0.25) is 0 Å². The van der Waals surface area contributed by atoms with Gasteiger partial charge in [-0.25, -0.2) is 4.98 Å². The van der Waals surface area contributed by atoms with Crippen molar-refractivity contribution in [1.82, 2.24) is 10.3 Å². The monoisotopic (exact) mass is 252 g/mol. The first kappa shape index (κ1) is 12.3. The Balaban J connectivity index is 1.74. The molecule has 1 amide bonds. The lowest BCUT2D eigenvalue weighted by Gasteiger charge is -2.08. The Bertz CT molecular complexity index is 424. The van der Waals surface area contributed by atoms with Crippen LogP contribution in [0.3, 0.4) is 0 Å². The first-order valence-corrected chi connectivity index (χ1v) is 6.59. The summed E-state index contributed by atoms with van der Waals surface area (Å²) in [5.74, 6) is 0.204. The molecule has 1 fully saturated rings. The van der Waals surface area contributed by atoms with E-state index < -0.39 is 6.10 Å². The zero-order chi connectivity index (χ0) is 12.3. The van der Waals surface area contributed by atoms with Crippen molar-refractivity contribution in [2.45, 2.75) is 25.9 Å². The largest absolute Gasteiger partial charge is 0.391 e. The van der Waals surface area contributed by atoms with E-state index >= 15 is 0 Å². The highest BCUT2D eigenvalue weighted by atomic mass is 32.1. The molecule has 1 aliphatic carbocycles. The second-order valence-corrected chi connectivity index (χ2v) is 5.34. The van der Waals surface area contributed by atoms with Gasteiger partial charge in [-0.2, -0.15) is 0 Å². The molecule has 1 atom stereocenters. The van der Waals surface area contributed by atoms with Crippen molar-refractivity contribution in [1.29, 1.82) is 0 Å². The van der Waals surface area contributed by atoms with E-state index in [0.29, 0.717) is 12.5 Å². The number of aliphatic hydroxyl groups excluding tert-OH is 1. The van der Waals surface area contributed by atoms with E-state index in [1.165, 1.54) is 6.08 Å². The van der Waals surface area contributed by atoms with Gasteiger partial charge >= 0.3 is 0 Å². The van der Waals surface area contributed by atoms with Crippen LogP contribution in [-0.2, 0) is 4.79 Å². The SMILES string of the molecule is Cc1nc(/C=C/C(=O)NCC(O)C2CC2)cs1. The topological polar surface area (TPSA) is 62.2 Å². The predicted octanol–water partition coefficient (Wildman–Crippen LogP) is 1.35. The van der Waals surface area contributed by atoms with Gasteiger partial charge in [0.1, 0.15) is 0 Å². The maximum atomic E-state index is 11.4. The van der Waals surface area contributed by atoms with E-state index in [1.807, 2.05) is 12.3 Å². The fraction of sp³-hybridized carbons (Fsp3) is 0.500. The van der Waals surface area contributed by atoms with Crippen molar-refractivity contribution >= 4 is 23.3 Å². The summed E-state index contributed by atoms with van der Waals surface area (Å²) in [5, 5.41) is 15.1. The van der Waals surface area contributed by atoms with E-state index in [9.17, 15) is 9.90 Å². The molecule has 17 heavy (non-hydrogen) atoms. The third-order valence-corrected chi connectivity index (χ3v) is 3.49. The number of aliphatic hydroxyl groups is 1. The summed E-state index contributed by atoms with van der Waals surface area (Å²) in [4.78, 5) is 15.7. The maximum Gasteiger partial charge on any atom is 0.244 e. The number of carbonyl (C=O) groups excluding carboxylic acids is 1. The van der Waals surface area contributed by atoms with Gasteiger partial charge in [0.05, 0.1) is 16.8 Å². The van der Waals surface area contributed by atoms with Crippen LogP contribution >= 0.6 is 11.3 Å². The molecule has 2 rings (SSSR count). The molecule has 0 aliphatic heterocycles. The van der Waals surface area contributed by atoms with Gasteiger partial charge in [-0.05, 0) is 31.8 Å². The number of aryl methyl sites for hydroxylation is 1. The molecule has 2 N–H and O–H groups in total. The molecule has 0 saturated heterocycles. The van der Waals surface area contributed by atoms with Crippen molar-refractivity contribution in [3.63, 3.8) is 0 Å². The van der Waals surface area contributed by atoms with Crippen LogP contribution in [0.4, 0.5) is 0 Å². The van der Waals surface area contributed by atoms with Gasteiger partial charge in [0, 0.05) is 18.0 Å². The third-order valence-electron chi connectivity index (χ3n) is 2.69. The molecule has 0 radical (unpaired) electrons. The standard InChI is InChI=1S/C12H16N2O2S/c1-8-14-10(7-17-8)4-5-12(16)13-6-11(15)9-2-3-9/h4-5,7,9,11,15H,2-3,6H2,1H3,(H,13,16)/b5-4+. The average Bonchev–Trinajstić information content (AvgIpc) is 3.07. The zero-order valence-electron chi connectivity index (χ0n) is 9.72. The Morgan fingerprint density at radius 3 is 3.12 bits per heavy atom. The number of thiazole rings is 1. The highest BCUT2D eigenvalue weighted by molar-refractivity contribution is 7.09. The van der Waals surface area contributed by atoms with Gasteiger partial charge in [-0.15, -0.1) is 11.3 Å². The summed E-state index contributed by atoms with van der Waals surface area (Å²) in [7, 11) is 0. The second kappa shape index (κ2) is 5.42. The lowest BCUT2D eigenvalue weighted by atomic mass is 10.2. The number of nitrogens with one attached hydrogen (secondary N) is 1. The second-order valence-electron chi connectivity index (χ2n) is 4.27. The van der Waals surface area contributed by atoms with E-state index in [4.69, 9.17) is 0 Å². The predicted molar refractivity (Wildman–Crippen MR) is 67.6 cm³/mol. The van der Waals surface area contributed by atoms with Gasteiger partial charge in [0.25, 0.3) is 0 Å². The first-order valence-electron chi connectivity index (χ1n) is 5.71. The van der Waals surface area contributed by atoms with Gasteiger partial charge in [0.2, 0.25) is 5.91 Å². The summed E-state index contributed by atoms with van der Waals surface area (Å²) in [6, 6.07) is 0. The number of nitrogens with zero attached hydrogens (tertiary/aromatic N) is 1. The van der Waals surface area contributed by atoms with E-state index in [1.54, 1.807) is 17.4 Å². The van der Waals surface area contributed by atoms with Crippen molar-refractivity contribution in [2.24, 2.45) is 5.92 Å². The number of hydrogen-bond donors (Lipinski definition) is 2. The molecule has 4 nitrogen and oxygen atoms in total. The van der Waals surface area contributed by atoms with E-state index in [0.717, 1.165) is 23.5 Å². The van der Waals surface area contributed by atoms with E-state index in [-0.39, 0.29) is 5.91 Å². The maximum absolute atomic E-state index is 11.4. The molecule has 1 saturated carbocycles. The minimum atomic E-state index is -0.395. The van der Waals surface area contributed by atoms with Crippen LogP contribution in [-0.4, -0.2) is 28.6 Å². The van der Waals surface area contributed by atoms with Crippen LogP contribution in [0.25, 0.3) is 6.08 Å². The summed E-state index contributed by atoms with van der Waals surface area (Å²) < 4.78 is 0. The lowest BCUT2D eigenvalue weighted by molar-refractivity contribution is -0.116. The number of aromatic nitrogens is 1. The van der Waals surface area contributed by atoms with Gasteiger partial charge in [-0.1, -0.05) is 0 Å². The highest BCUT2D eigenvalue weighted by Gasteiger charge is 2.29. The Morgan fingerprint density at radius 1 is 1.76 bits per heavy atom. The van der Waals surface area contributed by atoms with Gasteiger partial charge < -0.3 is 10.4 Å². The summed E-state index contributed by atoms with van der Waals surface area (Å²) in [5.41, 5.74) is 0.797. The number of amides is 1. The number of hydrogen-bond acceptors (Lipinski definition) is 4. The molecule has 1 aromatic heterocycles. The molecule has 92 valence electrons. The van der Waals surface area contributed by atoms with E-state index in [2.05, 4.69) is 10.3 Å². The van der Waals surface area contributed by atoms with Gasteiger partial charge in [-0.3, -0.25) is 4.79 Å². The van der Waals surface area contributed by atoms with Gasteiger partial charge in [0.15, 0.2) is 0 Å². The molecule has 1 heterocycles. The average molecular weight is 252 g/mol. The minimum absolute atomic E-state index is 0.185. The van der Waals surface area contributed by atoms with Crippen LogP contribution in [0.15, 0.2) is 11.5 Å². The molecule has 0 aromatic carbocycles. The lowest BCUT2D eigenvalue weighted by Crippen LogP contribution is -2.31. The number of carbonyl (C=O) groups is 1. The molecule has 0 spiro atoms. The number of rotatable bonds is 5. The Labute approximate surface area is 104 Å². The molecular formula is C12H16N2O2S. The molecular weight excluding hydrogens is 236 g/mol. The van der Waals surface area contributed by atoms with Crippen molar-refractivity contribution in [3.8, 4) is 0 Å². The summed E-state index contributed by atoms with van der Waals surface area (Å²) in [6.45, 7) is 2.26. The molecule has 0 bridgehead atoms. The minimum Gasteiger partial charge on any atom is -0.391 e. The first-order chi connectivity index (χ1) is 8.15. The van der Waals surface area contributed by atoms with Crippen LogP contribution in [0.1, 0.15) is 23.5 Å². The molecule has 1 aliphatic rings. The fourth-order valence-electron chi connectivity index (χ4n) is 1.53. The molecule has 5 heteroatoms. The van der Waals surface area contributed by atoms with Crippen molar-refractivity contribution in [2.75, 3.05) is 6.54 Å². The van der Waals surface area contributed by atoms with Crippen LogP contribution in [0, 0.1) is 12.8 Å². The Morgan fingerprint density at radius 2 is 2.53 bits per heavy atom. The van der Waals surface area contributed by atoms with Crippen molar-refractivity contribution in [3.05, 3.63) is 22.2 Å². The molecule has 1 aromatic rings. The quantitative estimate of drug-likeness (QED) is 0.778. The Kier molecular flexibility index (Phi) is 3.91. The van der Waals surface area contributed by atoms with Crippen LogP contribution in [0.5, 0.6) is 0 Å². The summed E-state index contributed by atoms with van der Waals surface area (Å²) >= 11 is 1.55. The normalized spacial score (nSPS) is 17.3. The highest BCUT2D eigenvalue weighted by Crippen LogP contribution is 2.32. The zero-order valence-corrected chi connectivity index (χ0v) is 10.5. The van der Waals surface area contributed by atoms with Crippen LogP contribution < -0.4 is 5.32 Å². The Hall–Kier alpha value is -1.20. The summed E-state index contributed by atoms with van der Waals surface area (Å²) in [6.07, 6.45) is 4.89. The fourth-order valence-corrected chi connectivity index (χ4v) is 2.11. The third kappa shape index (κ3) is 3.94. The smallest absolute Gasteiger partial charge is 0.244 e. The van der Waals surface area contributed by atoms with Crippen molar-refractivity contribution < 1.29 is 9.90 Å².